The summed E-state index contributed by atoms with van der Waals surface area (Å²) in [6, 6.07) is -0.557. The molecule has 0 aromatic rings. The Morgan fingerprint density at radius 1 is 1.73 bits per heavy atom. The molecule has 0 saturated carbocycles. The molecule has 1 aliphatic rings. The van der Waals surface area contributed by atoms with Crippen molar-refractivity contribution in [3.63, 3.8) is 0 Å². The van der Waals surface area contributed by atoms with Crippen molar-refractivity contribution in [3.05, 3.63) is 11.1 Å². The van der Waals surface area contributed by atoms with Crippen LogP contribution in [0.1, 0.15) is 12.8 Å². The fourth-order valence-electron chi connectivity index (χ4n) is 1.87. The Bertz CT molecular complexity index is 257. The van der Waals surface area contributed by atoms with E-state index in [-0.39, 0.29) is 5.97 Å². The second-order valence-corrected chi connectivity index (χ2v) is 4.79. The molecule has 0 unspecified atom stereocenters. The Kier molecular flexibility index (Phi) is 4.76. The maximum Gasteiger partial charge on any atom is 0.325 e. The number of carbonyl (C=O) groups excluding carboxylic acids is 1. The lowest BCUT2D eigenvalue weighted by molar-refractivity contribution is -0.153. The number of carbonyl (C=O) groups is 1. The highest BCUT2D eigenvalue weighted by Gasteiger charge is 2.36. The van der Waals surface area contributed by atoms with Crippen molar-refractivity contribution >= 4 is 21.9 Å². The molecule has 0 aromatic carbocycles. The summed E-state index contributed by atoms with van der Waals surface area (Å²) in [5.41, 5.74) is 0. The number of methoxy groups -OCH3 is 1. The van der Waals surface area contributed by atoms with Crippen molar-refractivity contribution < 1.29 is 14.6 Å². The number of halogens is 1. The predicted octanol–water partition coefficient (Wildman–Crippen LogP) is 0.893. The first-order valence-corrected chi connectivity index (χ1v) is 5.68. The number of hydrogen-bond acceptors (Lipinski definition) is 4. The summed E-state index contributed by atoms with van der Waals surface area (Å²) < 4.78 is 5.48. The number of rotatable bonds is 3. The number of likely N-dealkylation sites (tertiary alicyclic amines) is 1. The third-order valence-electron chi connectivity index (χ3n) is 2.52. The van der Waals surface area contributed by atoms with Gasteiger partial charge in [0.05, 0.1) is 13.2 Å². The number of nitrogens with zero attached hydrogens (tertiary/aromatic N) is 1. The van der Waals surface area contributed by atoms with E-state index >= 15 is 0 Å². The molecule has 0 aliphatic carbocycles. The van der Waals surface area contributed by atoms with Gasteiger partial charge in [-0.1, -0.05) is 22.5 Å². The number of aliphatic hydroxyl groups excluding tert-OH is 1. The molecule has 0 aromatic heterocycles. The van der Waals surface area contributed by atoms with Crippen LogP contribution in [0.4, 0.5) is 0 Å². The van der Waals surface area contributed by atoms with E-state index in [1.54, 1.807) is 0 Å². The Morgan fingerprint density at radius 3 is 2.93 bits per heavy atom. The minimum atomic E-state index is -0.641. The van der Waals surface area contributed by atoms with Crippen molar-refractivity contribution in [1.29, 1.82) is 0 Å². The van der Waals surface area contributed by atoms with Crippen LogP contribution < -0.4 is 0 Å². The van der Waals surface area contributed by atoms with Crippen molar-refractivity contribution in [3.8, 4) is 0 Å². The van der Waals surface area contributed by atoms with Crippen LogP contribution in [0.5, 0.6) is 0 Å². The first kappa shape index (κ1) is 12.7. The van der Waals surface area contributed by atoms with Crippen LogP contribution in [-0.2, 0) is 9.53 Å². The minimum Gasteiger partial charge on any atom is -0.468 e. The first-order chi connectivity index (χ1) is 7.06. The summed E-state index contributed by atoms with van der Waals surface area (Å²) in [6.45, 7) is 5.07. The van der Waals surface area contributed by atoms with Crippen LogP contribution in [-0.4, -0.2) is 48.3 Å². The van der Waals surface area contributed by atoms with Crippen LogP contribution in [0.15, 0.2) is 11.1 Å². The Labute approximate surface area is 98.0 Å². The summed E-state index contributed by atoms with van der Waals surface area (Å²) in [4.78, 5) is 13.4. The normalized spacial score (nSPS) is 27.4. The molecule has 1 fully saturated rings. The fourth-order valence-corrected chi connectivity index (χ4v) is 2.19. The maximum absolute atomic E-state index is 11.5. The van der Waals surface area contributed by atoms with E-state index in [4.69, 9.17) is 0 Å². The Hall–Kier alpha value is -0.390. The zero-order valence-electron chi connectivity index (χ0n) is 8.78. The predicted molar refractivity (Wildman–Crippen MR) is 60.7 cm³/mol. The van der Waals surface area contributed by atoms with E-state index in [2.05, 4.69) is 27.2 Å². The van der Waals surface area contributed by atoms with Crippen molar-refractivity contribution in [2.24, 2.45) is 0 Å². The molecule has 1 aliphatic heterocycles. The van der Waals surface area contributed by atoms with Crippen molar-refractivity contribution in [2.75, 3.05) is 20.2 Å². The van der Waals surface area contributed by atoms with Crippen LogP contribution in [0.2, 0.25) is 0 Å². The molecule has 86 valence electrons. The van der Waals surface area contributed by atoms with Gasteiger partial charge in [-0.2, -0.15) is 0 Å². The van der Waals surface area contributed by atoms with Gasteiger partial charge in [-0.05, 0) is 19.4 Å². The third kappa shape index (κ3) is 3.29. The molecule has 15 heavy (non-hydrogen) atoms. The number of piperidine rings is 1. The van der Waals surface area contributed by atoms with E-state index < -0.39 is 12.1 Å². The van der Waals surface area contributed by atoms with E-state index in [1.807, 2.05) is 4.90 Å². The van der Waals surface area contributed by atoms with Gasteiger partial charge in [0.1, 0.15) is 6.04 Å². The van der Waals surface area contributed by atoms with Gasteiger partial charge in [0.2, 0.25) is 0 Å². The average molecular weight is 278 g/mol. The van der Waals surface area contributed by atoms with Crippen LogP contribution >= 0.6 is 15.9 Å². The summed E-state index contributed by atoms with van der Waals surface area (Å²) in [6.07, 6.45) is 0.887. The van der Waals surface area contributed by atoms with E-state index in [1.165, 1.54) is 7.11 Å². The lowest BCUT2D eigenvalue weighted by atomic mass is 9.99. The van der Waals surface area contributed by atoms with Crippen molar-refractivity contribution in [1.82, 2.24) is 4.90 Å². The molecule has 1 saturated heterocycles. The molecule has 0 radical (unpaired) electrons. The summed E-state index contributed by atoms with van der Waals surface area (Å²) in [7, 11) is 1.34. The van der Waals surface area contributed by atoms with Crippen LogP contribution in [0.25, 0.3) is 0 Å². The number of hydrogen-bond donors (Lipinski definition) is 1. The van der Waals surface area contributed by atoms with Gasteiger partial charge in [0.15, 0.2) is 0 Å². The van der Waals surface area contributed by atoms with Gasteiger partial charge in [0, 0.05) is 11.0 Å². The Balaban J connectivity index is 2.72. The summed E-state index contributed by atoms with van der Waals surface area (Å²) >= 11 is 3.26. The van der Waals surface area contributed by atoms with Gasteiger partial charge in [-0.3, -0.25) is 9.69 Å². The minimum absolute atomic E-state index is 0.379. The first-order valence-electron chi connectivity index (χ1n) is 4.89. The van der Waals surface area contributed by atoms with Gasteiger partial charge < -0.3 is 9.84 Å². The standard InChI is InChI=1S/C10H16BrNO3/c1-7(11)6-12-5-3-4-8(13)9(12)10(14)15-2/h8-9,13H,1,3-6H2,2H3/t8-,9+/m0/s1. The molecule has 0 spiro atoms. The second kappa shape index (κ2) is 5.63. The van der Waals surface area contributed by atoms with Gasteiger partial charge in [-0.15, -0.1) is 0 Å². The molecule has 5 heteroatoms. The third-order valence-corrected chi connectivity index (χ3v) is 2.77. The van der Waals surface area contributed by atoms with E-state index in [0.29, 0.717) is 13.0 Å². The monoisotopic (exact) mass is 277 g/mol. The molecule has 2 atom stereocenters. The van der Waals surface area contributed by atoms with Crippen molar-refractivity contribution in [2.45, 2.75) is 25.0 Å². The highest BCUT2D eigenvalue weighted by atomic mass is 79.9. The topological polar surface area (TPSA) is 49.8 Å². The highest BCUT2D eigenvalue weighted by Crippen LogP contribution is 2.20. The molecule has 0 bridgehead atoms. The molecule has 0 amide bonds. The fraction of sp³-hybridized carbons (Fsp3) is 0.700. The van der Waals surface area contributed by atoms with Gasteiger partial charge in [0.25, 0.3) is 0 Å². The SMILES string of the molecule is C=C(Br)CN1CCC[C@H](O)[C@@H]1C(=O)OC. The number of ether oxygens (including phenoxy) is 1. The molecule has 1 heterocycles. The van der Waals surface area contributed by atoms with Crippen LogP contribution in [0.3, 0.4) is 0 Å². The van der Waals surface area contributed by atoms with E-state index in [0.717, 1.165) is 17.4 Å². The maximum atomic E-state index is 11.5. The van der Waals surface area contributed by atoms with Gasteiger partial charge >= 0.3 is 5.97 Å². The molecular weight excluding hydrogens is 262 g/mol. The quantitative estimate of drug-likeness (QED) is 0.779. The Morgan fingerprint density at radius 2 is 2.40 bits per heavy atom. The number of aliphatic hydroxyl groups is 1. The second-order valence-electron chi connectivity index (χ2n) is 3.67. The lowest BCUT2D eigenvalue weighted by Gasteiger charge is -2.36. The largest absolute Gasteiger partial charge is 0.468 e. The van der Waals surface area contributed by atoms with E-state index in [9.17, 15) is 9.90 Å². The average Bonchev–Trinajstić information content (AvgIpc) is 2.16. The smallest absolute Gasteiger partial charge is 0.325 e. The van der Waals surface area contributed by atoms with Crippen LogP contribution in [0, 0.1) is 0 Å². The molecule has 1 rings (SSSR count). The highest BCUT2D eigenvalue weighted by molar-refractivity contribution is 9.11. The van der Waals surface area contributed by atoms with Gasteiger partial charge in [-0.25, -0.2) is 0 Å². The number of esters is 1. The zero-order chi connectivity index (χ0) is 11.4. The molecule has 4 nitrogen and oxygen atoms in total. The molecule has 1 N–H and O–H groups in total. The zero-order valence-corrected chi connectivity index (χ0v) is 10.4. The lowest BCUT2D eigenvalue weighted by Crippen LogP contribution is -2.53. The molecular formula is C10H16BrNO3. The summed E-state index contributed by atoms with van der Waals surface area (Å²) in [5.74, 6) is -0.379. The summed E-state index contributed by atoms with van der Waals surface area (Å²) in [5, 5.41) is 9.77.